The second kappa shape index (κ2) is 12.7. The molecule has 2 aliphatic rings. The first-order valence-corrected chi connectivity index (χ1v) is 12.8. The Kier molecular flexibility index (Phi) is 9.64. The SMILES string of the molecule is CCC(OC(=O)/C(N)=C\N1CCC[C@H]1C(=O)N[C@@H](CC1=CCC(C)C=C1)C(N)=O)c1ccc(S)cc1. The molecule has 0 radical (unpaired) electrons. The number of thiol groups is 1. The van der Waals surface area contributed by atoms with E-state index in [1.165, 1.54) is 6.20 Å². The number of esters is 1. The third-order valence-corrected chi connectivity index (χ3v) is 6.81. The molecule has 2 unspecified atom stereocenters. The summed E-state index contributed by atoms with van der Waals surface area (Å²) in [5.74, 6) is -1.10. The molecule has 8 nitrogen and oxygen atoms in total. The van der Waals surface area contributed by atoms with Crippen LogP contribution in [0.3, 0.4) is 0 Å². The molecule has 5 N–H and O–H groups in total. The van der Waals surface area contributed by atoms with Gasteiger partial charge in [0.2, 0.25) is 11.8 Å². The number of nitrogens with zero attached hydrogens (tertiary/aromatic N) is 1. The molecule has 1 fully saturated rings. The Hall–Kier alpha value is -3.20. The van der Waals surface area contributed by atoms with Crippen molar-refractivity contribution in [1.29, 1.82) is 0 Å². The lowest BCUT2D eigenvalue weighted by molar-refractivity contribution is -0.145. The van der Waals surface area contributed by atoms with Crippen molar-refractivity contribution < 1.29 is 19.1 Å². The molecular formula is C27H36N4O4S. The van der Waals surface area contributed by atoms with Crippen LogP contribution in [0.5, 0.6) is 0 Å². The molecule has 0 spiro atoms. The van der Waals surface area contributed by atoms with Gasteiger partial charge in [-0.05, 0) is 54.9 Å². The molecule has 1 aromatic rings. The average Bonchev–Trinajstić information content (AvgIpc) is 3.32. The number of nitrogens with one attached hydrogen (secondary N) is 1. The van der Waals surface area contributed by atoms with Crippen LogP contribution in [-0.2, 0) is 19.1 Å². The first-order chi connectivity index (χ1) is 17.2. The Morgan fingerprint density at radius 1 is 1.25 bits per heavy atom. The number of benzene rings is 1. The van der Waals surface area contributed by atoms with Crippen LogP contribution in [0.1, 0.15) is 57.6 Å². The highest BCUT2D eigenvalue weighted by molar-refractivity contribution is 7.80. The molecule has 194 valence electrons. The third kappa shape index (κ3) is 7.40. The number of amides is 2. The lowest BCUT2D eigenvalue weighted by Gasteiger charge is -2.25. The van der Waals surface area contributed by atoms with Gasteiger partial charge >= 0.3 is 5.97 Å². The zero-order valence-electron chi connectivity index (χ0n) is 20.9. The van der Waals surface area contributed by atoms with Crippen LogP contribution in [0.15, 0.2) is 64.9 Å². The lowest BCUT2D eigenvalue weighted by Crippen LogP contribution is -2.50. The fourth-order valence-corrected chi connectivity index (χ4v) is 4.53. The van der Waals surface area contributed by atoms with Crippen molar-refractivity contribution in [2.75, 3.05) is 6.54 Å². The number of ether oxygens (including phenoxy) is 1. The molecule has 3 rings (SSSR count). The van der Waals surface area contributed by atoms with Crippen LogP contribution in [0.25, 0.3) is 0 Å². The molecular weight excluding hydrogens is 476 g/mol. The van der Waals surface area contributed by atoms with E-state index >= 15 is 0 Å². The molecule has 0 bridgehead atoms. The Labute approximate surface area is 218 Å². The minimum absolute atomic E-state index is 0.0861. The Morgan fingerprint density at radius 3 is 2.58 bits per heavy atom. The highest BCUT2D eigenvalue weighted by atomic mass is 32.1. The molecule has 1 heterocycles. The van der Waals surface area contributed by atoms with Crippen LogP contribution in [0.4, 0.5) is 0 Å². The van der Waals surface area contributed by atoms with Gasteiger partial charge < -0.3 is 26.4 Å². The second-order valence-corrected chi connectivity index (χ2v) is 9.91. The fourth-order valence-electron chi connectivity index (χ4n) is 4.38. The molecule has 0 aromatic heterocycles. The topological polar surface area (TPSA) is 128 Å². The predicted molar refractivity (Wildman–Crippen MR) is 142 cm³/mol. The molecule has 1 aliphatic carbocycles. The van der Waals surface area contributed by atoms with E-state index < -0.39 is 30.1 Å². The summed E-state index contributed by atoms with van der Waals surface area (Å²) in [5, 5.41) is 2.79. The summed E-state index contributed by atoms with van der Waals surface area (Å²) in [6.07, 6.45) is 10.3. The van der Waals surface area contributed by atoms with Crippen molar-refractivity contribution in [3.8, 4) is 0 Å². The van der Waals surface area contributed by atoms with Gasteiger partial charge in [-0.25, -0.2) is 4.79 Å². The zero-order valence-corrected chi connectivity index (χ0v) is 21.7. The first kappa shape index (κ1) is 27.4. The number of hydrogen-bond donors (Lipinski definition) is 4. The monoisotopic (exact) mass is 512 g/mol. The van der Waals surface area contributed by atoms with Crippen LogP contribution in [-0.4, -0.2) is 41.3 Å². The molecule has 4 atom stereocenters. The number of rotatable bonds is 10. The smallest absolute Gasteiger partial charge is 0.356 e. The normalized spacial score (nSPS) is 21.5. The predicted octanol–water partition coefficient (Wildman–Crippen LogP) is 3.12. The number of hydrogen-bond acceptors (Lipinski definition) is 7. The van der Waals surface area contributed by atoms with Gasteiger partial charge in [-0.1, -0.05) is 44.2 Å². The number of nitrogens with two attached hydrogens (primary N) is 2. The summed E-state index contributed by atoms with van der Waals surface area (Å²) >= 11 is 4.28. The molecule has 2 amide bonds. The Balaban J connectivity index is 1.63. The summed E-state index contributed by atoms with van der Waals surface area (Å²) in [7, 11) is 0. The van der Waals surface area contributed by atoms with E-state index in [1.807, 2.05) is 37.3 Å². The number of primary amides is 1. The molecule has 1 aromatic carbocycles. The summed E-state index contributed by atoms with van der Waals surface area (Å²) in [5.41, 5.74) is 13.4. The van der Waals surface area contributed by atoms with Gasteiger partial charge in [-0.3, -0.25) is 9.59 Å². The van der Waals surface area contributed by atoms with Gasteiger partial charge in [-0.2, -0.15) is 0 Å². The lowest BCUT2D eigenvalue weighted by atomic mass is 9.94. The number of carbonyl (C=O) groups is 3. The van der Waals surface area contributed by atoms with Gasteiger partial charge in [-0.15, -0.1) is 12.6 Å². The third-order valence-electron chi connectivity index (χ3n) is 6.51. The number of carbonyl (C=O) groups excluding carboxylic acids is 3. The van der Waals surface area contributed by atoms with Crippen LogP contribution >= 0.6 is 12.6 Å². The van der Waals surface area contributed by atoms with Crippen molar-refractivity contribution in [3.63, 3.8) is 0 Å². The van der Waals surface area contributed by atoms with E-state index in [0.29, 0.717) is 31.7 Å². The molecule has 9 heteroatoms. The van der Waals surface area contributed by atoms with E-state index in [0.717, 1.165) is 28.9 Å². The van der Waals surface area contributed by atoms with Crippen molar-refractivity contribution >= 4 is 30.4 Å². The van der Waals surface area contributed by atoms with E-state index in [1.54, 1.807) is 4.90 Å². The number of likely N-dealkylation sites (tertiary alicyclic amines) is 1. The van der Waals surface area contributed by atoms with Crippen LogP contribution in [0.2, 0.25) is 0 Å². The van der Waals surface area contributed by atoms with Crippen molar-refractivity contribution in [1.82, 2.24) is 10.2 Å². The maximum atomic E-state index is 13.1. The highest BCUT2D eigenvalue weighted by Gasteiger charge is 2.32. The standard InChI is InChI=1S/C27H36N4O4S/c1-3-24(19-10-12-20(36)13-11-19)35-27(34)21(28)16-31-14-4-5-23(31)26(33)30-22(25(29)32)15-18-8-6-17(2)7-9-18/h6,8-13,16-17,22-24,36H,3-5,7,14-15,28H2,1-2H3,(H2,29,32)(H,30,33)/b21-16+/t17?,22-,23-,24?/m0/s1. The average molecular weight is 513 g/mol. The fraction of sp³-hybridized carbons (Fsp3) is 0.444. The summed E-state index contributed by atoms with van der Waals surface area (Å²) in [6, 6.07) is 6.02. The van der Waals surface area contributed by atoms with E-state index in [4.69, 9.17) is 16.2 Å². The summed E-state index contributed by atoms with van der Waals surface area (Å²) in [4.78, 5) is 40.3. The molecule has 1 aliphatic heterocycles. The largest absolute Gasteiger partial charge is 0.453 e. The van der Waals surface area contributed by atoms with E-state index in [-0.39, 0.29) is 11.6 Å². The van der Waals surface area contributed by atoms with Gasteiger partial charge in [0.05, 0.1) is 0 Å². The van der Waals surface area contributed by atoms with E-state index in [9.17, 15) is 14.4 Å². The second-order valence-electron chi connectivity index (χ2n) is 9.39. The van der Waals surface area contributed by atoms with Gasteiger partial charge in [0.25, 0.3) is 0 Å². The van der Waals surface area contributed by atoms with Crippen LogP contribution in [0, 0.1) is 5.92 Å². The first-order valence-electron chi connectivity index (χ1n) is 12.4. The van der Waals surface area contributed by atoms with Crippen molar-refractivity contribution in [2.45, 2.75) is 69.0 Å². The zero-order chi connectivity index (χ0) is 26.2. The maximum Gasteiger partial charge on any atom is 0.356 e. The summed E-state index contributed by atoms with van der Waals surface area (Å²) < 4.78 is 5.62. The molecule has 36 heavy (non-hydrogen) atoms. The number of allylic oxidation sites excluding steroid dienone is 3. The summed E-state index contributed by atoms with van der Waals surface area (Å²) in [6.45, 7) is 4.59. The Bertz CT molecular complexity index is 1050. The van der Waals surface area contributed by atoms with Crippen molar-refractivity contribution in [2.24, 2.45) is 17.4 Å². The highest BCUT2D eigenvalue weighted by Crippen LogP contribution is 2.24. The van der Waals surface area contributed by atoms with Crippen molar-refractivity contribution in [3.05, 3.63) is 65.5 Å². The van der Waals surface area contributed by atoms with Gasteiger partial charge in [0.1, 0.15) is 23.9 Å². The van der Waals surface area contributed by atoms with Gasteiger partial charge in [0.15, 0.2) is 0 Å². The van der Waals surface area contributed by atoms with Crippen LogP contribution < -0.4 is 16.8 Å². The molecule has 1 saturated heterocycles. The molecule has 0 saturated carbocycles. The van der Waals surface area contributed by atoms with E-state index in [2.05, 4.69) is 37.0 Å². The minimum atomic E-state index is -0.815. The minimum Gasteiger partial charge on any atom is -0.453 e. The van der Waals surface area contributed by atoms with Gasteiger partial charge in [0, 0.05) is 24.1 Å². The Morgan fingerprint density at radius 2 is 1.97 bits per heavy atom. The quantitative estimate of drug-likeness (QED) is 0.217. The maximum absolute atomic E-state index is 13.1.